The van der Waals surface area contributed by atoms with E-state index in [0.29, 0.717) is 48.8 Å². The van der Waals surface area contributed by atoms with E-state index in [1.165, 1.54) is 23.0 Å². The SMILES string of the molecule is COc1cc2ncnc(NC3C=CC(F)=CC3(C)C)c2cc1OC1CCN(S(C)(=O)=O)CC1. The summed E-state index contributed by atoms with van der Waals surface area (Å²) in [5.41, 5.74) is 0.234. The standard InChI is InChI=1S/C23H29FN4O4S/c1-23(2)13-15(24)5-6-21(23)27-22-17-11-20(19(31-3)12-18(17)25-14-26-22)32-16-7-9-28(10-8-16)33(4,29)30/h5-6,11-14,16,21H,7-10H2,1-4H3,(H,25,26,27). The van der Waals surface area contributed by atoms with Gasteiger partial charge >= 0.3 is 0 Å². The highest BCUT2D eigenvalue weighted by Crippen LogP contribution is 2.37. The summed E-state index contributed by atoms with van der Waals surface area (Å²) in [6, 6.07) is 3.47. The number of anilines is 1. The normalized spacial score (nSPS) is 21.6. The number of hydrogen-bond donors (Lipinski definition) is 1. The zero-order chi connectivity index (χ0) is 23.8. The van der Waals surface area contributed by atoms with Crippen molar-refractivity contribution in [2.24, 2.45) is 5.41 Å². The molecule has 33 heavy (non-hydrogen) atoms. The minimum Gasteiger partial charge on any atom is -0.493 e. The summed E-state index contributed by atoms with van der Waals surface area (Å²) >= 11 is 0. The number of piperidine rings is 1. The predicted octanol–water partition coefficient (Wildman–Crippen LogP) is 3.67. The summed E-state index contributed by atoms with van der Waals surface area (Å²) in [5.74, 6) is 1.44. The molecule has 1 saturated heterocycles. The van der Waals surface area contributed by atoms with Crippen molar-refractivity contribution in [1.82, 2.24) is 14.3 Å². The van der Waals surface area contributed by atoms with Crippen molar-refractivity contribution in [3.63, 3.8) is 0 Å². The second-order valence-corrected chi connectivity index (χ2v) is 11.0. The molecule has 1 N–H and O–H groups in total. The zero-order valence-electron chi connectivity index (χ0n) is 19.2. The van der Waals surface area contributed by atoms with Gasteiger partial charge in [-0.25, -0.2) is 27.1 Å². The van der Waals surface area contributed by atoms with Crippen LogP contribution in [-0.2, 0) is 10.0 Å². The molecule has 1 aliphatic carbocycles. The van der Waals surface area contributed by atoms with Gasteiger partial charge in [0.05, 0.1) is 24.9 Å². The molecule has 0 spiro atoms. The highest BCUT2D eigenvalue weighted by molar-refractivity contribution is 7.88. The van der Waals surface area contributed by atoms with Gasteiger partial charge in [-0.2, -0.15) is 0 Å². The molecule has 8 nitrogen and oxygen atoms in total. The summed E-state index contributed by atoms with van der Waals surface area (Å²) in [6.07, 6.45) is 8.57. The smallest absolute Gasteiger partial charge is 0.211 e. The van der Waals surface area contributed by atoms with Gasteiger partial charge in [-0.15, -0.1) is 0 Å². The van der Waals surface area contributed by atoms with Crippen LogP contribution in [0.15, 0.2) is 42.5 Å². The van der Waals surface area contributed by atoms with E-state index in [0.717, 1.165) is 5.39 Å². The van der Waals surface area contributed by atoms with Crippen LogP contribution in [0.25, 0.3) is 10.9 Å². The monoisotopic (exact) mass is 476 g/mol. The molecule has 1 aromatic carbocycles. The van der Waals surface area contributed by atoms with Crippen molar-refractivity contribution in [2.75, 3.05) is 31.8 Å². The number of ether oxygens (including phenoxy) is 2. The fraction of sp³-hybridized carbons (Fsp3) is 0.478. The van der Waals surface area contributed by atoms with Crippen LogP contribution in [0, 0.1) is 5.41 Å². The quantitative estimate of drug-likeness (QED) is 0.680. The summed E-state index contributed by atoms with van der Waals surface area (Å²) in [4.78, 5) is 8.79. The largest absolute Gasteiger partial charge is 0.493 e. The number of nitrogens with one attached hydrogen (secondary N) is 1. The lowest BCUT2D eigenvalue weighted by Crippen LogP contribution is -2.41. The third kappa shape index (κ3) is 5.11. The van der Waals surface area contributed by atoms with Gasteiger partial charge in [0.25, 0.3) is 0 Å². The Bertz CT molecular complexity index is 1200. The Labute approximate surface area is 193 Å². The Kier molecular flexibility index (Phi) is 6.32. The molecule has 1 atom stereocenters. The Morgan fingerprint density at radius 3 is 2.55 bits per heavy atom. The first-order valence-corrected chi connectivity index (χ1v) is 12.7. The van der Waals surface area contributed by atoms with Crippen LogP contribution in [0.4, 0.5) is 10.2 Å². The van der Waals surface area contributed by atoms with Gasteiger partial charge in [-0.05, 0) is 31.1 Å². The van der Waals surface area contributed by atoms with Gasteiger partial charge < -0.3 is 14.8 Å². The summed E-state index contributed by atoms with van der Waals surface area (Å²) in [5, 5.41) is 4.16. The Morgan fingerprint density at radius 2 is 1.91 bits per heavy atom. The molecule has 1 fully saturated rings. The summed E-state index contributed by atoms with van der Waals surface area (Å²) < 4.78 is 50.5. The third-order valence-electron chi connectivity index (χ3n) is 6.14. The maximum atomic E-state index is 13.7. The van der Waals surface area contributed by atoms with Crippen LogP contribution >= 0.6 is 0 Å². The van der Waals surface area contributed by atoms with Crippen molar-refractivity contribution < 1.29 is 22.3 Å². The molecule has 1 aliphatic heterocycles. The molecule has 2 aromatic rings. The molecular weight excluding hydrogens is 447 g/mol. The average molecular weight is 477 g/mol. The van der Waals surface area contributed by atoms with Crippen LogP contribution in [0.3, 0.4) is 0 Å². The van der Waals surface area contributed by atoms with E-state index >= 15 is 0 Å². The number of rotatable bonds is 6. The van der Waals surface area contributed by atoms with Crippen LogP contribution in [0.2, 0.25) is 0 Å². The lowest BCUT2D eigenvalue weighted by atomic mass is 9.81. The topological polar surface area (TPSA) is 93.7 Å². The predicted molar refractivity (Wildman–Crippen MR) is 126 cm³/mol. The summed E-state index contributed by atoms with van der Waals surface area (Å²) in [6.45, 7) is 4.75. The minimum atomic E-state index is -3.20. The van der Waals surface area contributed by atoms with Crippen molar-refractivity contribution >= 4 is 26.7 Å². The Morgan fingerprint density at radius 1 is 1.18 bits per heavy atom. The first-order valence-electron chi connectivity index (χ1n) is 10.8. The Balaban J connectivity index is 1.60. The van der Waals surface area contributed by atoms with Crippen molar-refractivity contribution in [3.8, 4) is 11.5 Å². The first kappa shape index (κ1) is 23.4. The van der Waals surface area contributed by atoms with E-state index in [1.807, 2.05) is 19.9 Å². The number of halogens is 1. The van der Waals surface area contributed by atoms with E-state index < -0.39 is 15.4 Å². The first-order chi connectivity index (χ1) is 15.6. The number of aromatic nitrogens is 2. The van der Waals surface area contributed by atoms with Gasteiger partial charge in [0.1, 0.15) is 24.1 Å². The lowest BCUT2D eigenvalue weighted by molar-refractivity contribution is 0.131. The van der Waals surface area contributed by atoms with E-state index in [-0.39, 0.29) is 18.0 Å². The zero-order valence-corrected chi connectivity index (χ0v) is 20.0. The molecule has 178 valence electrons. The number of hydrogen-bond acceptors (Lipinski definition) is 7. The van der Waals surface area contributed by atoms with Crippen LogP contribution in [0.1, 0.15) is 26.7 Å². The highest BCUT2D eigenvalue weighted by Gasteiger charge is 2.30. The molecule has 2 aliphatic rings. The van der Waals surface area contributed by atoms with Gasteiger partial charge in [0.2, 0.25) is 10.0 Å². The number of benzene rings is 1. The average Bonchev–Trinajstić information content (AvgIpc) is 2.75. The molecule has 0 amide bonds. The molecule has 0 saturated carbocycles. The van der Waals surface area contributed by atoms with E-state index in [2.05, 4.69) is 15.3 Å². The van der Waals surface area contributed by atoms with E-state index in [1.54, 1.807) is 25.3 Å². The van der Waals surface area contributed by atoms with E-state index in [9.17, 15) is 12.8 Å². The number of allylic oxidation sites excluding steroid dienone is 2. The molecule has 1 aromatic heterocycles. The van der Waals surface area contributed by atoms with Gasteiger partial charge in [0.15, 0.2) is 11.5 Å². The molecule has 4 rings (SSSR count). The van der Waals surface area contributed by atoms with Crippen molar-refractivity contribution in [2.45, 2.75) is 38.8 Å². The molecule has 0 bridgehead atoms. The molecule has 0 radical (unpaired) electrons. The van der Waals surface area contributed by atoms with Crippen LogP contribution in [-0.4, -0.2) is 61.3 Å². The fourth-order valence-electron chi connectivity index (χ4n) is 4.20. The third-order valence-corrected chi connectivity index (χ3v) is 7.44. The molecule has 2 heterocycles. The van der Waals surface area contributed by atoms with Gasteiger partial charge in [0, 0.05) is 30.0 Å². The molecule has 10 heteroatoms. The highest BCUT2D eigenvalue weighted by atomic mass is 32.2. The number of nitrogens with zero attached hydrogens (tertiary/aromatic N) is 3. The van der Waals surface area contributed by atoms with E-state index in [4.69, 9.17) is 9.47 Å². The number of fused-ring (bicyclic) bond motifs is 1. The van der Waals surface area contributed by atoms with Crippen molar-refractivity contribution in [1.29, 1.82) is 0 Å². The minimum absolute atomic E-state index is 0.135. The summed E-state index contributed by atoms with van der Waals surface area (Å²) in [7, 11) is -1.64. The fourth-order valence-corrected chi connectivity index (χ4v) is 5.08. The number of methoxy groups -OCH3 is 1. The number of sulfonamides is 1. The van der Waals surface area contributed by atoms with Crippen molar-refractivity contribution in [3.05, 3.63) is 42.5 Å². The maximum Gasteiger partial charge on any atom is 0.211 e. The van der Waals surface area contributed by atoms with Gasteiger partial charge in [-0.1, -0.05) is 19.9 Å². The van der Waals surface area contributed by atoms with Crippen LogP contribution < -0.4 is 14.8 Å². The van der Waals surface area contributed by atoms with Crippen LogP contribution in [0.5, 0.6) is 11.5 Å². The Hall–Kier alpha value is -2.72. The second kappa shape index (κ2) is 8.90. The second-order valence-electron chi connectivity index (χ2n) is 9.05. The lowest BCUT2D eigenvalue weighted by Gasteiger charge is -2.33. The molecule has 1 unspecified atom stereocenters. The maximum absolute atomic E-state index is 13.7. The van der Waals surface area contributed by atoms with Gasteiger partial charge in [-0.3, -0.25) is 0 Å². The molecular formula is C23H29FN4O4S.